The highest BCUT2D eigenvalue weighted by molar-refractivity contribution is 5.85. The summed E-state index contributed by atoms with van der Waals surface area (Å²) < 4.78 is 13.7. The number of fused-ring (bicyclic) bond motifs is 1. The molecule has 7 heteroatoms. The predicted octanol–water partition coefficient (Wildman–Crippen LogP) is 3.68. The fraction of sp³-hybridized carbons (Fsp3) is 0.368. The molecule has 2 aromatic rings. The third kappa shape index (κ3) is 3.50. The van der Waals surface area contributed by atoms with Crippen molar-refractivity contribution in [3.05, 3.63) is 59.5 Å². The van der Waals surface area contributed by atoms with Gasteiger partial charge in [0, 0.05) is 37.8 Å². The van der Waals surface area contributed by atoms with E-state index in [-0.39, 0.29) is 36.7 Å². The van der Waals surface area contributed by atoms with E-state index >= 15 is 0 Å². The monoisotopic (exact) mass is 394 g/mol. The number of nitrogens with zero attached hydrogens (tertiary/aromatic N) is 4. The van der Waals surface area contributed by atoms with Crippen molar-refractivity contribution in [3.63, 3.8) is 0 Å². The summed E-state index contributed by atoms with van der Waals surface area (Å²) in [5, 5.41) is 9.32. The van der Waals surface area contributed by atoms with E-state index in [9.17, 15) is 9.65 Å². The molecule has 1 aromatic carbocycles. The van der Waals surface area contributed by atoms with Crippen molar-refractivity contribution in [2.24, 2.45) is 11.8 Å². The molecule has 2 aliphatic heterocycles. The van der Waals surface area contributed by atoms with Crippen molar-refractivity contribution in [2.75, 3.05) is 31.6 Å². The third-order valence-corrected chi connectivity index (χ3v) is 5.29. The van der Waals surface area contributed by atoms with E-state index in [2.05, 4.69) is 27.9 Å². The molecular formula is C19H21Cl2FN4. The molecule has 2 aliphatic rings. The Labute approximate surface area is 165 Å². The van der Waals surface area contributed by atoms with Crippen molar-refractivity contribution < 1.29 is 4.39 Å². The van der Waals surface area contributed by atoms with Crippen LogP contribution < -0.4 is 4.90 Å². The molecule has 0 bridgehead atoms. The number of anilines is 1. The Kier molecular flexibility index (Phi) is 6.46. The van der Waals surface area contributed by atoms with Crippen LogP contribution in [0.5, 0.6) is 0 Å². The second-order valence-electron chi connectivity index (χ2n) is 6.75. The van der Waals surface area contributed by atoms with Gasteiger partial charge in [-0.25, -0.2) is 9.37 Å². The van der Waals surface area contributed by atoms with Gasteiger partial charge in [-0.05, 0) is 42.8 Å². The Morgan fingerprint density at radius 2 is 1.96 bits per heavy atom. The minimum Gasteiger partial charge on any atom is -0.355 e. The van der Waals surface area contributed by atoms with Gasteiger partial charge in [0.2, 0.25) is 0 Å². The van der Waals surface area contributed by atoms with Crippen molar-refractivity contribution in [1.82, 2.24) is 9.88 Å². The molecule has 26 heavy (non-hydrogen) atoms. The second-order valence-corrected chi connectivity index (χ2v) is 6.75. The molecule has 0 unspecified atom stereocenters. The summed E-state index contributed by atoms with van der Waals surface area (Å²) in [6, 6.07) is 13.0. The van der Waals surface area contributed by atoms with Gasteiger partial charge in [-0.2, -0.15) is 5.26 Å². The predicted molar refractivity (Wildman–Crippen MR) is 104 cm³/mol. The number of pyridine rings is 1. The van der Waals surface area contributed by atoms with Crippen LogP contribution in [0.15, 0.2) is 42.6 Å². The summed E-state index contributed by atoms with van der Waals surface area (Å²) >= 11 is 0. The Morgan fingerprint density at radius 1 is 1.15 bits per heavy atom. The van der Waals surface area contributed by atoms with Gasteiger partial charge in [-0.3, -0.25) is 4.90 Å². The molecule has 0 aliphatic carbocycles. The summed E-state index contributed by atoms with van der Waals surface area (Å²) in [5.74, 6) is 1.52. The van der Waals surface area contributed by atoms with Crippen molar-refractivity contribution in [3.8, 4) is 6.07 Å². The van der Waals surface area contributed by atoms with E-state index in [0.717, 1.165) is 31.0 Å². The number of halogens is 3. The highest BCUT2D eigenvalue weighted by Crippen LogP contribution is 2.45. The van der Waals surface area contributed by atoms with Gasteiger partial charge in [0.05, 0.1) is 5.56 Å². The molecule has 0 saturated carbocycles. The van der Waals surface area contributed by atoms with Crippen LogP contribution in [0.25, 0.3) is 0 Å². The number of aromatic nitrogens is 1. The number of hydrogen-bond acceptors (Lipinski definition) is 4. The minimum absolute atomic E-state index is 0. The molecule has 0 spiro atoms. The second kappa shape index (κ2) is 8.22. The fourth-order valence-corrected chi connectivity index (χ4v) is 4.36. The summed E-state index contributed by atoms with van der Waals surface area (Å²) in [5.41, 5.74) is 1.65. The number of benzene rings is 1. The summed E-state index contributed by atoms with van der Waals surface area (Å²) in [6.07, 6.45) is 1.74. The van der Waals surface area contributed by atoms with Crippen LogP contribution in [-0.4, -0.2) is 36.6 Å². The highest BCUT2D eigenvalue weighted by atomic mass is 35.5. The maximum Gasteiger partial charge on any atom is 0.146 e. The van der Waals surface area contributed by atoms with Crippen LogP contribution in [0.1, 0.15) is 17.2 Å². The van der Waals surface area contributed by atoms with Gasteiger partial charge in [0.15, 0.2) is 0 Å². The molecular weight excluding hydrogens is 374 g/mol. The lowest BCUT2D eigenvalue weighted by Crippen LogP contribution is -2.30. The van der Waals surface area contributed by atoms with Crippen molar-refractivity contribution in [2.45, 2.75) is 6.04 Å². The molecule has 1 aromatic heterocycles. The van der Waals surface area contributed by atoms with E-state index in [1.807, 2.05) is 12.1 Å². The number of hydrogen-bond donors (Lipinski definition) is 0. The van der Waals surface area contributed by atoms with E-state index in [1.165, 1.54) is 6.07 Å². The first-order valence-corrected chi connectivity index (χ1v) is 8.23. The van der Waals surface area contributed by atoms with E-state index < -0.39 is 0 Å². The molecule has 0 N–H and O–H groups in total. The van der Waals surface area contributed by atoms with Crippen molar-refractivity contribution >= 4 is 30.6 Å². The molecule has 3 atom stereocenters. The van der Waals surface area contributed by atoms with Crippen LogP contribution in [-0.2, 0) is 0 Å². The SMILES string of the molecule is CN1C[C@H]2CN(c3ncccc3C#N)C[C@H]2[C@@H]1c1cccc(F)c1.Cl.Cl. The molecule has 0 radical (unpaired) electrons. The zero-order chi connectivity index (χ0) is 16.7. The molecule has 3 heterocycles. The van der Waals surface area contributed by atoms with Gasteiger partial charge in [-0.15, -0.1) is 24.8 Å². The van der Waals surface area contributed by atoms with Crippen LogP contribution >= 0.6 is 24.8 Å². The molecule has 2 fully saturated rings. The van der Waals surface area contributed by atoms with Crippen LogP contribution in [0.3, 0.4) is 0 Å². The van der Waals surface area contributed by atoms with Gasteiger partial charge in [0.1, 0.15) is 17.7 Å². The van der Waals surface area contributed by atoms with Crippen LogP contribution in [0, 0.1) is 29.0 Å². The minimum atomic E-state index is -0.185. The molecule has 0 amide bonds. The first-order valence-electron chi connectivity index (χ1n) is 8.23. The lowest BCUT2D eigenvalue weighted by atomic mass is 9.89. The van der Waals surface area contributed by atoms with Gasteiger partial charge < -0.3 is 4.90 Å². The zero-order valence-electron chi connectivity index (χ0n) is 14.4. The largest absolute Gasteiger partial charge is 0.355 e. The highest BCUT2D eigenvalue weighted by Gasteiger charge is 2.46. The zero-order valence-corrected chi connectivity index (χ0v) is 16.0. The van der Waals surface area contributed by atoms with Crippen molar-refractivity contribution in [1.29, 1.82) is 5.26 Å². The summed E-state index contributed by atoms with van der Waals surface area (Å²) in [6.45, 7) is 2.73. The number of rotatable bonds is 2. The number of likely N-dealkylation sites (tertiary alicyclic amines) is 1. The first-order chi connectivity index (χ1) is 11.7. The number of nitriles is 1. The van der Waals surface area contributed by atoms with E-state index in [4.69, 9.17) is 0 Å². The van der Waals surface area contributed by atoms with Crippen LogP contribution in [0.2, 0.25) is 0 Å². The quantitative estimate of drug-likeness (QED) is 0.778. The van der Waals surface area contributed by atoms with Gasteiger partial charge in [0.25, 0.3) is 0 Å². The topological polar surface area (TPSA) is 43.2 Å². The Balaban J connectivity index is 0.00000121. The first kappa shape index (κ1) is 20.4. The lowest BCUT2D eigenvalue weighted by Gasteiger charge is -2.27. The molecule has 2 saturated heterocycles. The maximum absolute atomic E-state index is 13.7. The normalized spacial score (nSPS) is 24.3. The molecule has 138 valence electrons. The molecule has 4 nitrogen and oxygen atoms in total. The fourth-order valence-electron chi connectivity index (χ4n) is 4.36. The van der Waals surface area contributed by atoms with E-state index in [1.54, 1.807) is 24.4 Å². The third-order valence-electron chi connectivity index (χ3n) is 5.29. The van der Waals surface area contributed by atoms with E-state index in [0.29, 0.717) is 17.4 Å². The average Bonchev–Trinajstić information content (AvgIpc) is 3.11. The standard InChI is InChI=1S/C19H19FN4.2ClH/c1-23-10-15-11-24(19-14(9-21)5-3-7-22-19)12-17(15)18(23)13-4-2-6-16(20)8-13;;/h2-8,15,17-18H,10-12H2,1H3;2*1H/t15-,17+,18-;;/m0../s1. The van der Waals surface area contributed by atoms with Gasteiger partial charge in [-0.1, -0.05) is 12.1 Å². The molecule has 4 rings (SSSR count). The smallest absolute Gasteiger partial charge is 0.146 e. The lowest BCUT2D eigenvalue weighted by molar-refractivity contribution is 0.279. The summed E-state index contributed by atoms with van der Waals surface area (Å²) in [4.78, 5) is 8.96. The summed E-state index contributed by atoms with van der Waals surface area (Å²) in [7, 11) is 2.11. The van der Waals surface area contributed by atoms with Crippen LogP contribution in [0.4, 0.5) is 10.2 Å². The Bertz CT molecular complexity index is 810. The Morgan fingerprint density at radius 3 is 2.69 bits per heavy atom. The van der Waals surface area contributed by atoms with Gasteiger partial charge >= 0.3 is 0 Å². The average molecular weight is 395 g/mol. The Hall–Kier alpha value is -1.87. The maximum atomic E-state index is 13.7.